The van der Waals surface area contributed by atoms with E-state index in [0.29, 0.717) is 18.7 Å². The molecule has 0 N–H and O–H groups in total. The molecule has 24 heavy (non-hydrogen) atoms. The van der Waals surface area contributed by atoms with E-state index in [1.165, 1.54) is 0 Å². The molecule has 0 aliphatic carbocycles. The first-order valence-electron chi connectivity index (χ1n) is 8.73. The monoisotopic (exact) mass is 328 g/mol. The van der Waals surface area contributed by atoms with Gasteiger partial charge in [0.05, 0.1) is 24.1 Å². The highest BCUT2D eigenvalue weighted by molar-refractivity contribution is 5.17. The molecule has 2 aliphatic rings. The average molecular weight is 328 g/mol. The smallest absolute Gasteiger partial charge is 0.138 e. The molecule has 1 saturated heterocycles. The Kier molecular flexibility index (Phi) is 4.49. The van der Waals surface area contributed by atoms with Crippen LogP contribution in [0.15, 0.2) is 30.7 Å². The summed E-state index contributed by atoms with van der Waals surface area (Å²) in [5.41, 5.74) is 1.13. The number of aromatic nitrogens is 3. The van der Waals surface area contributed by atoms with Gasteiger partial charge in [-0.2, -0.15) is 0 Å². The van der Waals surface area contributed by atoms with Crippen molar-refractivity contribution in [2.24, 2.45) is 0 Å². The molecule has 2 aromatic heterocycles. The molecule has 6 heteroatoms. The van der Waals surface area contributed by atoms with Crippen molar-refractivity contribution in [3.05, 3.63) is 42.2 Å². The van der Waals surface area contributed by atoms with Crippen LogP contribution in [0.2, 0.25) is 0 Å². The molecule has 0 radical (unpaired) electrons. The predicted molar refractivity (Wildman–Crippen MR) is 89.8 cm³/mol. The van der Waals surface area contributed by atoms with E-state index in [0.717, 1.165) is 56.4 Å². The molecule has 0 aromatic carbocycles. The van der Waals surface area contributed by atoms with Gasteiger partial charge in [0.25, 0.3) is 0 Å². The van der Waals surface area contributed by atoms with Gasteiger partial charge in [-0.15, -0.1) is 0 Å². The maximum Gasteiger partial charge on any atom is 0.138 e. The molecule has 0 amide bonds. The van der Waals surface area contributed by atoms with E-state index in [2.05, 4.69) is 26.4 Å². The Balaban J connectivity index is 1.46. The summed E-state index contributed by atoms with van der Waals surface area (Å²) in [5, 5.41) is 0. The van der Waals surface area contributed by atoms with Gasteiger partial charge >= 0.3 is 0 Å². The number of rotatable bonds is 4. The molecule has 4 rings (SSSR count). The minimum Gasteiger partial charge on any atom is -0.486 e. The summed E-state index contributed by atoms with van der Waals surface area (Å²) in [6.07, 6.45) is 7.70. The standard InChI is InChI=1S/C18H24N4O2/c1-14-18-20-11-16(13-24-17-3-2-6-19-12-17)22(18)8-7-21(14)15-4-9-23-10-5-15/h2-3,6,11-12,14-15H,4-5,7-10,13H2,1H3/t14-/m0/s1. The maximum absolute atomic E-state index is 5.84. The normalized spacial score (nSPS) is 22.3. The lowest BCUT2D eigenvalue weighted by Crippen LogP contribution is -2.46. The Morgan fingerprint density at radius 3 is 2.92 bits per heavy atom. The van der Waals surface area contributed by atoms with Gasteiger partial charge in [-0.25, -0.2) is 4.98 Å². The van der Waals surface area contributed by atoms with E-state index in [1.54, 1.807) is 12.4 Å². The van der Waals surface area contributed by atoms with E-state index in [-0.39, 0.29) is 0 Å². The summed E-state index contributed by atoms with van der Waals surface area (Å²) in [4.78, 5) is 11.4. The average Bonchev–Trinajstić information content (AvgIpc) is 3.06. The number of fused-ring (bicyclic) bond motifs is 1. The molecule has 0 spiro atoms. The molecule has 128 valence electrons. The van der Waals surface area contributed by atoms with Crippen LogP contribution in [-0.2, 0) is 17.9 Å². The lowest BCUT2D eigenvalue weighted by Gasteiger charge is -2.41. The lowest BCUT2D eigenvalue weighted by molar-refractivity contribution is 0.00853. The minimum atomic E-state index is 0.342. The van der Waals surface area contributed by atoms with Crippen LogP contribution in [0.5, 0.6) is 5.75 Å². The Morgan fingerprint density at radius 2 is 2.12 bits per heavy atom. The summed E-state index contributed by atoms with van der Waals surface area (Å²) < 4.78 is 13.7. The molecule has 0 unspecified atom stereocenters. The number of imidazole rings is 1. The highest BCUT2D eigenvalue weighted by Gasteiger charge is 2.32. The molecule has 0 saturated carbocycles. The number of hydrogen-bond donors (Lipinski definition) is 0. The van der Waals surface area contributed by atoms with Crippen LogP contribution < -0.4 is 4.74 Å². The second-order valence-electron chi connectivity index (χ2n) is 6.49. The fraction of sp³-hybridized carbons (Fsp3) is 0.556. The van der Waals surface area contributed by atoms with E-state index in [9.17, 15) is 0 Å². The molecule has 2 aromatic rings. The third kappa shape index (κ3) is 3.03. The Bertz CT molecular complexity index is 667. The first kappa shape index (κ1) is 15.6. The van der Waals surface area contributed by atoms with Gasteiger partial charge in [-0.05, 0) is 31.9 Å². The van der Waals surface area contributed by atoms with Crippen molar-refractivity contribution >= 4 is 0 Å². The first-order chi connectivity index (χ1) is 11.8. The van der Waals surface area contributed by atoms with E-state index < -0.39 is 0 Å². The molecule has 4 heterocycles. The second kappa shape index (κ2) is 6.91. The van der Waals surface area contributed by atoms with Crippen LogP contribution in [0.1, 0.15) is 37.3 Å². The van der Waals surface area contributed by atoms with Crippen molar-refractivity contribution in [2.75, 3.05) is 19.8 Å². The van der Waals surface area contributed by atoms with Crippen LogP contribution in [-0.4, -0.2) is 45.2 Å². The summed E-state index contributed by atoms with van der Waals surface area (Å²) >= 11 is 0. The minimum absolute atomic E-state index is 0.342. The SMILES string of the molecule is C[C@H]1c2ncc(COc3cccnc3)n2CCN1C1CCOCC1. The van der Waals surface area contributed by atoms with E-state index in [4.69, 9.17) is 9.47 Å². The first-order valence-corrected chi connectivity index (χ1v) is 8.73. The van der Waals surface area contributed by atoms with Crippen LogP contribution >= 0.6 is 0 Å². The van der Waals surface area contributed by atoms with Crippen molar-refractivity contribution in [1.82, 2.24) is 19.4 Å². The lowest BCUT2D eigenvalue weighted by atomic mass is 10.0. The van der Waals surface area contributed by atoms with Crippen LogP contribution in [0.3, 0.4) is 0 Å². The summed E-state index contributed by atoms with van der Waals surface area (Å²) in [6.45, 7) is 6.60. The fourth-order valence-corrected chi connectivity index (χ4v) is 3.80. The fourth-order valence-electron chi connectivity index (χ4n) is 3.80. The molecule has 0 bridgehead atoms. The number of hydrogen-bond acceptors (Lipinski definition) is 5. The molecular weight excluding hydrogens is 304 g/mol. The van der Waals surface area contributed by atoms with Crippen molar-refractivity contribution in [3.63, 3.8) is 0 Å². The van der Waals surface area contributed by atoms with Gasteiger partial charge in [0.1, 0.15) is 18.2 Å². The third-order valence-electron chi connectivity index (χ3n) is 5.10. The van der Waals surface area contributed by atoms with Gasteiger partial charge in [0.2, 0.25) is 0 Å². The number of ether oxygens (including phenoxy) is 2. The molecule has 2 aliphatic heterocycles. The molecule has 1 fully saturated rings. The van der Waals surface area contributed by atoms with Gasteiger partial charge in [-0.3, -0.25) is 9.88 Å². The molecule has 1 atom stereocenters. The topological polar surface area (TPSA) is 52.4 Å². The number of pyridine rings is 1. The molecular formula is C18H24N4O2. The largest absolute Gasteiger partial charge is 0.486 e. The van der Waals surface area contributed by atoms with E-state index >= 15 is 0 Å². The number of nitrogens with zero attached hydrogens (tertiary/aromatic N) is 4. The van der Waals surface area contributed by atoms with Crippen LogP contribution in [0.4, 0.5) is 0 Å². The Hall–Kier alpha value is -1.92. The van der Waals surface area contributed by atoms with Crippen molar-refractivity contribution < 1.29 is 9.47 Å². The zero-order valence-corrected chi connectivity index (χ0v) is 14.1. The summed E-state index contributed by atoms with van der Waals surface area (Å²) in [6, 6.07) is 4.77. The Morgan fingerprint density at radius 1 is 1.25 bits per heavy atom. The third-order valence-corrected chi connectivity index (χ3v) is 5.10. The van der Waals surface area contributed by atoms with Gasteiger partial charge in [0, 0.05) is 38.5 Å². The van der Waals surface area contributed by atoms with Crippen molar-refractivity contribution in [3.8, 4) is 5.75 Å². The highest BCUT2D eigenvalue weighted by atomic mass is 16.5. The quantitative estimate of drug-likeness (QED) is 0.863. The van der Waals surface area contributed by atoms with E-state index in [1.807, 2.05) is 18.3 Å². The van der Waals surface area contributed by atoms with Gasteiger partial charge < -0.3 is 14.0 Å². The van der Waals surface area contributed by atoms with Crippen molar-refractivity contribution in [1.29, 1.82) is 0 Å². The summed E-state index contributed by atoms with van der Waals surface area (Å²) in [7, 11) is 0. The predicted octanol–water partition coefficient (Wildman–Crippen LogP) is 2.41. The molecule has 6 nitrogen and oxygen atoms in total. The van der Waals surface area contributed by atoms with Gasteiger partial charge in [-0.1, -0.05) is 0 Å². The van der Waals surface area contributed by atoms with Gasteiger partial charge in [0.15, 0.2) is 0 Å². The summed E-state index contributed by atoms with van der Waals surface area (Å²) in [5.74, 6) is 1.94. The Labute approximate surface area is 142 Å². The van der Waals surface area contributed by atoms with Crippen LogP contribution in [0.25, 0.3) is 0 Å². The van der Waals surface area contributed by atoms with Crippen molar-refractivity contribution in [2.45, 2.75) is 45.0 Å². The highest BCUT2D eigenvalue weighted by Crippen LogP contribution is 2.30. The second-order valence-corrected chi connectivity index (χ2v) is 6.49. The zero-order valence-electron chi connectivity index (χ0n) is 14.1. The zero-order chi connectivity index (χ0) is 16.4. The maximum atomic E-state index is 5.84. The van der Waals surface area contributed by atoms with Crippen LogP contribution in [0, 0.1) is 0 Å².